The minimum absolute atomic E-state index is 0. The molecule has 69 heavy (non-hydrogen) atoms. The largest absolute Gasteiger partial charge is 0.501 e. The Hall–Kier alpha value is -6.79. The van der Waals surface area contributed by atoms with Crippen LogP contribution in [-0.4, -0.2) is 24.5 Å². The molecule has 0 atom stereocenters. The molecule has 7 heteroatoms. The number of nitrogens with zero attached hydrogens (tertiary/aromatic N) is 5. The van der Waals surface area contributed by atoms with Crippen molar-refractivity contribution in [3.63, 3.8) is 0 Å². The van der Waals surface area contributed by atoms with Gasteiger partial charge in [-0.3, -0.25) is 15.0 Å². The van der Waals surface area contributed by atoms with Gasteiger partial charge in [-0.05, 0) is 104 Å². The number of fused-ring (bicyclic) bond motifs is 7. The third kappa shape index (κ3) is 9.02. The van der Waals surface area contributed by atoms with Crippen LogP contribution >= 0.6 is 0 Å². The van der Waals surface area contributed by atoms with Crippen molar-refractivity contribution in [1.29, 1.82) is 0 Å². The fourth-order valence-electron chi connectivity index (χ4n) is 9.27. The third-order valence-corrected chi connectivity index (χ3v) is 13.1. The fourth-order valence-corrected chi connectivity index (χ4v) is 9.27. The maximum absolute atomic E-state index is 6.85. The van der Waals surface area contributed by atoms with Crippen molar-refractivity contribution >= 4 is 54.5 Å². The van der Waals surface area contributed by atoms with Gasteiger partial charge in [0.1, 0.15) is 11.9 Å². The Morgan fingerprint density at radius 2 is 1.30 bits per heavy atom. The normalized spacial score (nSPS) is 12.1. The summed E-state index contributed by atoms with van der Waals surface area (Å²) in [5.41, 5.74) is 14.6. The van der Waals surface area contributed by atoms with Crippen LogP contribution in [0.15, 0.2) is 156 Å². The molecule has 0 amide bonds. The van der Waals surface area contributed by atoms with Gasteiger partial charge in [-0.1, -0.05) is 141 Å². The Balaban J connectivity index is 0.000000296. The number of para-hydroxylation sites is 2. The number of pyridine rings is 1. The van der Waals surface area contributed by atoms with Crippen molar-refractivity contribution in [2.45, 2.75) is 91.9 Å². The zero-order chi connectivity index (χ0) is 47.5. The average molecular weight is 1080 g/mol. The topological polar surface area (TPSA) is 69.6 Å². The van der Waals surface area contributed by atoms with E-state index < -0.39 is 0 Å². The van der Waals surface area contributed by atoms with E-state index in [-0.39, 0.29) is 42.8 Å². The first kappa shape index (κ1) is 47.3. The number of hydrogen-bond acceptors (Lipinski definition) is 5. The van der Waals surface area contributed by atoms with Crippen molar-refractivity contribution in [2.75, 3.05) is 0 Å². The molecule has 0 unspecified atom stereocenters. The molecular weight excluding hydrogens is 1020 g/mol. The van der Waals surface area contributed by atoms with Crippen LogP contribution in [-0.2, 0) is 30.9 Å². The van der Waals surface area contributed by atoms with Crippen molar-refractivity contribution in [1.82, 2.24) is 24.5 Å². The van der Waals surface area contributed by atoms with E-state index in [1.807, 2.05) is 42.6 Å². The molecule has 0 saturated carbocycles. The molecule has 11 aromatic rings. The maximum Gasteiger partial charge on any atom is 0.121 e. The molecule has 4 aromatic heterocycles. The molecule has 0 aliphatic carbocycles. The SMILES string of the molecule is CC(C)(C)c1cc(-c2[c-]cccc2)ncn1.CC(C)c1cc(-c2ccc(C(C)(C)C)cn2)cc(C(C)C)c1-n1c(-c2[c-]ccc3c2oc2cc4c(ccc5ccccc54)cc23)nc2ccccc21.[Ir]. The van der Waals surface area contributed by atoms with E-state index in [9.17, 15) is 0 Å². The van der Waals surface area contributed by atoms with Crippen molar-refractivity contribution in [3.05, 3.63) is 187 Å². The first-order valence-electron chi connectivity index (χ1n) is 23.7. The van der Waals surface area contributed by atoms with E-state index >= 15 is 0 Å². The summed E-state index contributed by atoms with van der Waals surface area (Å²) < 4.78 is 9.22. The molecule has 0 saturated heterocycles. The first-order valence-corrected chi connectivity index (χ1v) is 23.7. The fraction of sp³-hybridized carbons (Fsp3) is 0.226. The van der Waals surface area contributed by atoms with Gasteiger partial charge in [0, 0.05) is 54.0 Å². The Labute approximate surface area is 419 Å². The zero-order valence-electron chi connectivity index (χ0n) is 41.1. The van der Waals surface area contributed by atoms with Crippen LogP contribution in [0.25, 0.3) is 94.1 Å². The van der Waals surface area contributed by atoms with E-state index in [1.54, 1.807) is 6.33 Å². The summed E-state index contributed by atoms with van der Waals surface area (Å²) in [5, 5.41) is 6.98. The summed E-state index contributed by atoms with van der Waals surface area (Å²) in [6.45, 7) is 22.2. The number of aromatic nitrogens is 5. The standard InChI is InChI=1S/C48H42N3O.C14H15N2.Ir/c1-28(2)37-24-32(41-22-21-33(27-49-41)48(5,6)7)25-38(29(3)4)45(37)51-43-18-11-10-17-42(43)50-47(51)36-16-12-15-35-40-23-31-20-19-30-13-8-9-14-34(30)39(31)26-44(40)52-46(35)36;1-14(2,3)13-9-12(15-10-16-13)11-7-5-4-6-8-11;/h8-15,17-29H,1-7H3;4-7,9-10H,1-3H3;/q2*-1;. The summed E-state index contributed by atoms with van der Waals surface area (Å²) >= 11 is 0. The Kier molecular flexibility index (Phi) is 12.7. The summed E-state index contributed by atoms with van der Waals surface area (Å²) in [4.78, 5) is 18.9. The third-order valence-electron chi connectivity index (χ3n) is 13.1. The molecule has 6 nitrogen and oxygen atoms in total. The van der Waals surface area contributed by atoms with Crippen molar-refractivity contribution < 1.29 is 24.5 Å². The van der Waals surface area contributed by atoms with Gasteiger partial charge in [-0.25, -0.2) is 4.98 Å². The second kappa shape index (κ2) is 18.6. The van der Waals surface area contributed by atoms with Crippen LogP contribution in [0.5, 0.6) is 0 Å². The van der Waals surface area contributed by atoms with Gasteiger partial charge >= 0.3 is 0 Å². The van der Waals surface area contributed by atoms with Crippen molar-refractivity contribution in [3.8, 4) is 39.6 Å². The minimum Gasteiger partial charge on any atom is -0.501 e. The predicted molar refractivity (Wildman–Crippen MR) is 283 cm³/mol. The summed E-state index contributed by atoms with van der Waals surface area (Å²) in [5.74, 6) is 1.30. The monoisotopic (exact) mass is 1080 g/mol. The van der Waals surface area contributed by atoms with E-state index in [0.29, 0.717) is 0 Å². The molecule has 0 aliphatic rings. The molecule has 0 aliphatic heterocycles. The van der Waals surface area contributed by atoms with E-state index in [2.05, 4.69) is 199 Å². The molecular formula is C62H57IrN5O-2. The van der Waals surface area contributed by atoms with E-state index in [0.717, 1.165) is 72.6 Å². The smallest absolute Gasteiger partial charge is 0.121 e. The Morgan fingerprint density at radius 1 is 0.580 bits per heavy atom. The van der Waals surface area contributed by atoms with Gasteiger partial charge in [0.05, 0.1) is 28.1 Å². The summed E-state index contributed by atoms with van der Waals surface area (Å²) in [6.07, 6.45) is 3.65. The molecule has 347 valence electrons. The summed E-state index contributed by atoms with van der Waals surface area (Å²) in [6, 6.07) is 55.7. The minimum atomic E-state index is 0. The molecule has 0 N–H and O–H groups in total. The second-order valence-electron chi connectivity index (χ2n) is 20.6. The number of imidazole rings is 1. The van der Waals surface area contributed by atoms with Gasteiger partial charge in [-0.15, -0.1) is 54.1 Å². The zero-order valence-corrected chi connectivity index (χ0v) is 43.5. The van der Waals surface area contributed by atoms with Crippen LogP contribution in [0.2, 0.25) is 0 Å². The second-order valence-corrected chi connectivity index (χ2v) is 20.6. The number of hydrogen-bond donors (Lipinski definition) is 0. The molecule has 0 spiro atoms. The van der Waals surface area contributed by atoms with Gasteiger partial charge in [0.2, 0.25) is 0 Å². The van der Waals surface area contributed by atoms with Crippen LogP contribution < -0.4 is 0 Å². The van der Waals surface area contributed by atoms with E-state index in [1.165, 1.54) is 43.9 Å². The average Bonchev–Trinajstić information content (AvgIpc) is 3.91. The molecule has 7 aromatic carbocycles. The van der Waals surface area contributed by atoms with Crippen LogP contribution in [0.4, 0.5) is 0 Å². The van der Waals surface area contributed by atoms with Crippen molar-refractivity contribution in [2.24, 2.45) is 0 Å². The molecule has 0 bridgehead atoms. The Bertz CT molecular complexity index is 3620. The van der Waals surface area contributed by atoms with E-state index in [4.69, 9.17) is 14.4 Å². The van der Waals surface area contributed by atoms with Gasteiger partial charge in [-0.2, -0.15) is 0 Å². The Morgan fingerprint density at radius 3 is 2.00 bits per heavy atom. The first-order chi connectivity index (χ1) is 32.6. The molecule has 0 fully saturated rings. The molecule has 11 rings (SSSR count). The number of rotatable bonds is 6. The van der Waals surface area contributed by atoms with Gasteiger partial charge in [0.15, 0.2) is 0 Å². The number of benzene rings is 7. The van der Waals surface area contributed by atoms with Crippen LogP contribution in [0.1, 0.15) is 103 Å². The van der Waals surface area contributed by atoms with Gasteiger partial charge < -0.3 is 8.98 Å². The number of furan rings is 1. The summed E-state index contributed by atoms with van der Waals surface area (Å²) in [7, 11) is 0. The molecule has 4 heterocycles. The molecule has 1 radical (unpaired) electrons. The van der Waals surface area contributed by atoms with Crippen LogP contribution in [0, 0.1) is 12.1 Å². The van der Waals surface area contributed by atoms with Gasteiger partial charge in [0.25, 0.3) is 0 Å². The maximum atomic E-state index is 6.85. The predicted octanol–water partition coefficient (Wildman–Crippen LogP) is 16.5. The van der Waals surface area contributed by atoms with Crippen LogP contribution in [0.3, 0.4) is 0 Å². The quantitative estimate of drug-likeness (QED) is 0.123.